The van der Waals surface area contributed by atoms with Crippen molar-refractivity contribution in [2.45, 2.75) is 24.3 Å². The van der Waals surface area contributed by atoms with E-state index in [-0.39, 0.29) is 22.2 Å². The number of benzene rings is 1. The fraction of sp³-hybridized carbons (Fsp3) is 0.158. The molecule has 3 aromatic rings. The molecule has 0 aliphatic heterocycles. The Labute approximate surface area is 171 Å². The first-order valence-electron chi connectivity index (χ1n) is 8.30. The Morgan fingerprint density at radius 1 is 1.21 bits per heavy atom. The number of carbonyl (C=O) groups is 1. The zero-order chi connectivity index (χ0) is 20.1. The normalized spacial score (nSPS) is 11.5. The quantitative estimate of drug-likeness (QED) is 0.534. The smallest absolute Gasteiger partial charge is 0.240 e. The molecule has 9 heteroatoms. The van der Waals surface area contributed by atoms with Gasteiger partial charge in [0.15, 0.2) is 5.78 Å². The molecule has 0 spiro atoms. The molecular formula is C19H16ClFN2O3S2. The van der Waals surface area contributed by atoms with Crippen LogP contribution in [0.4, 0.5) is 4.39 Å². The number of sulfonamides is 1. The second-order valence-corrected chi connectivity index (χ2v) is 9.16. The van der Waals surface area contributed by atoms with Crippen LogP contribution in [-0.2, 0) is 23.0 Å². The Morgan fingerprint density at radius 3 is 2.68 bits per heavy atom. The number of nitrogens with one attached hydrogen (secondary N) is 1. The van der Waals surface area contributed by atoms with Crippen molar-refractivity contribution in [3.8, 4) is 0 Å². The summed E-state index contributed by atoms with van der Waals surface area (Å²) in [7, 11) is -3.85. The van der Waals surface area contributed by atoms with Crippen LogP contribution in [0, 0.1) is 5.82 Å². The number of aryl methyl sites for hydroxylation is 1. The zero-order valence-corrected chi connectivity index (χ0v) is 17.0. The van der Waals surface area contributed by atoms with E-state index < -0.39 is 15.8 Å². The maximum atomic E-state index is 13.2. The van der Waals surface area contributed by atoms with Gasteiger partial charge >= 0.3 is 0 Å². The maximum Gasteiger partial charge on any atom is 0.240 e. The van der Waals surface area contributed by atoms with Crippen molar-refractivity contribution >= 4 is 38.7 Å². The molecule has 0 aliphatic rings. The third-order valence-corrected chi connectivity index (χ3v) is 6.58. The van der Waals surface area contributed by atoms with E-state index in [1.165, 1.54) is 6.20 Å². The fourth-order valence-electron chi connectivity index (χ4n) is 2.42. The van der Waals surface area contributed by atoms with E-state index in [4.69, 9.17) is 11.6 Å². The van der Waals surface area contributed by atoms with Crippen LogP contribution in [0.15, 0.2) is 58.9 Å². The van der Waals surface area contributed by atoms with Gasteiger partial charge in [0.25, 0.3) is 0 Å². The van der Waals surface area contributed by atoms with Crippen molar-refractivity contribution in [3.05, 3.63) is 81.0 Å². The van der Waals surface area contributed by atoms with Gasteiger partial charge < -0.3 is 0 Å². The summed E-state index contributed by atoms with van der Waals surface area (Å²) in [5, 5.41) is 1.70. The van der Waals surface area contributed by atoms with Crippen LogP contribution in [-0.4, -0.2) is 19.2 Å². The molecule has 0 radical (unpaired) electrons. The average Bonchev–Trinajstić information content (AvgIpc) is 3.20. The molecule has 0 saturated carbocycles. The van der Waals surface area contributed by atoms with Crippen LogP contribution in [0.5, 0.6) is 0 Å². The Hall–Kier alpha value is -2.13. The predicted molar refractivity (Wildman–Crippen MR) is 107 cm³/mol. The van der Waals surface area contributed by atoms with Gasteiger partial charge in [-0.05, 0) is 47.7 Å². The number of Topliss-reactive ketones (excluding diaryl/α,β-unsaturated/α-hetero) is 1. The van der Waals surface area contributed by atoms with E-state index in [0.717, 1.165) is 23.1 Å². The summed E-state index contributed by atoms with van der Waals surface area (Å²) in [6.07, 6.45) is 2.49. The highest BCUT2D eigenvalue weighted by molar-refractivity contribution is 7.89. The summed E-state index contributed by atoms with van der Waals surface area (Å²) in [5.74, 6) is -0.759. The molecule has 0 fully saturated rings. The van der Waals surface area contributed by atoms with Crippen LogP contribution in [0.1, 0.15) is 27.3 Å². The maximum absolute atomic E-state index is 13.2. The number of ketones is 1. The molecule has 28 heavy (non-hydrogen) atoms. The second kappa shape index (κ2) is 8.91. The van der Waals surface area contributed by atoms with Gasteiger partial charge in [-0.1, -0.05) is 23.7 Å². The molecule has 146 valence electrons. The number of halogens is 2. The van der Waals surface area contributed by atoms with E-state index in [9.17, 15) is 17.6 Å². The molecule has 5 nitrogen and oxygen atoms in total. The standard InChI is InChI=1S/C19H16ClFN2O3S2/c20-16-10-15(5-6-17(16)21)28(25,26)23-12-13-3-7-18(22-11-13)19(24)8-4-14-2-1-9-27-14/h1-3,5-7,9-11,23H,4,8,12H2. The lowest BCUT2D eigenvalue weighted by molar-refractivity contribution is 0.0978. The third-order valence-electron chi connectivity index (χ3n) is 3.96. The number of hydrogen-bond acceptors (Lipinski definition) is 5. The number of nitrogens with zero attached hydrogens (tertiary/aromatic N) is 1. The topological polar surface area (TPSA) is 76.1 Å². The number of rotatable bonds is 8. The monoisotopic (exact) mass is 438 g/mol. The molecule has 1 N–H and O–H groups in total. The molecule has 0 unspecified atom stereocenters. The first-order valence-corrected chi connectivity index (χ1v) is 11.0. The Bertz CT molecular complexity index is 1070. The van der Waals surface area contributed by atoms with Crippen molar-refractivity contribution in [3.63, 3.8) is 0 Å². The first-order chi connectivity index (χ1) is 13.3. The van der Waals surface area contributed by atoms with Crippen LogP contribution >= 0.6 is 22.9 Å². The van der Waals surface area contributed by atoms with Crippen LogP contribution in [0.25, 0.3) is 0 Å². The summed E-state index contributed by atoms with van der Waals surface area (Å²) >= 11 is 7.24. The van der Waals surface area contributed by atoms with Crippen LogP contribution in [0.2, 0.25) is 5.02 Å². The van der Waals surface area contributed by atoms with E-state index in [1.54, 1.807) is 23.5 Å². The SMILES string of the molecule is O=C(CCc1cccs1)c1ccc(CNS(=O)(=O)c2ccc(F)c(Cl)c2)cn1. The Morgan fingerprint density at radius 2 is 2.04 bits per heavy atom. The lowest BCUT2D eigenvalue weighted by atomic mass is 10.1. The second-order valence-electron chi connectivity index (χ2n) is 5.95. The molecule has 2 heterocycles. The summed E-state index contributed by atoms with van der Waals surface area (Å²) in [5.41, 5.74) is 0.931. The highest BCUT2D eigenvalue weighted by atomic mass is 35.5. The number of thiophene rings is 1. The van der Waals surface area contributed by atoms with Gasteiger partial charge in [0.2, 0.25) is 10.0 Å². The molecule has 1 aromatic carbocycles. The summed E-state index contributed by atoms with van der Waals surface area (Å²) in [6.45, 7) is -0.0198. The summed E-state index contributed by atoms with van der Waals surface area (Å²) in [4.78, 5) is 17.3. The Balaban J connectivity index is 1.59. The first kappa shape index (κ1) is 20.6. The van der Waals surface area contributed by atoms with Crippen molar-refractivity contribution in [1.29, 1.82) is 0 Å². The van der Waals surface area contributed by atoms with Crippen molar-refractivity contribution in [2.24, 2.45) is 0 Å². The van der Waals surface area contributed by atoms with Crippen molar-refractivity contribution in [2.75, 3.05) is 0 Å². The van der Waals surface area contributed by atoms with Gasteiger partial charge in [0.1, 0.15) is 11.5 Å². The molecule has 0 amide bonds. The van der Waals surface area contributed by atoms with Gasteiger partial charge in [-0.2, -0.15) is 0 Å². The fourth-order valence-corrected chi connectivity index (χ4v) is 4.42. The van der Waals surface area contributed by atoms with Crippen molar-refractivity contribution in [1.82, 2.24) is 9.71 Å². The van der Waals surface area contributed by atoms with Crippen LogP contribution in [0.3, 0.4) is 0 Å². The zero-order valence-electron chi connectivity index (χ0n) is 14.6. The van der Waals surface area contributed by atoms with E-state index in [2.05, 4.69) is 9.71 Å². The lowest BCUT2D eigenvalue weighted by Crippen LogP contribution is -2.23. The molecule has 0 aliphatic carbocycles. The Kier molecular flexibility index (Phi) is 6.56. The van der Waals surface area contributed by atoms with Gasteiger partial charge in [-0.15, -0.1) is 11.3 Å². The third kappa shape index (κ3) is 5.23. The summed E-state index contributed by atoms with van der Waals surface area (Å²) < 4.78 is 40.1. The minimum absolute atomic E-state index is 0.0198. The molecule has 3 rings (SSSR count). The number of carbonyl (C=O) groups excluding carboxylic acids is 1. The molecule has 0 atom stereocenters. The number of hydrogen-bond donors (Lipinski definition) is 1. The minimum atomic E-state index is -3.85. The van der Waals surface area contributed by atoms with Gasteiger partial charge in [-0.25, -0.2) is 17.5 Å². The molecule has 0 bridgehead atoms. The van der Waals surface area contributed by atoms with Crippen LogP contribution < -0.4 is 4.72 Å². The predicted octanol–water partition coefficient (Wildman–Crippen LogP) is 4.23. The van der Waals surface area contributed by atoms with Crippen molar-refractivity contribution < 1.29 is 17.6 Å². The highest BCUT2D eigenvalue weighted by Gasteiger charge is 2.16. The molecule has 0 saturated heterocycles. The van der Waals surface area contributed by atoms with E-state index >= 15 is 0 Å². The van der Waals surface area contributed by atoms with Gasteiger partial charge in [-0.3, -0.25) is 9.78 Å². The largest absolute Gasteiger partial charge is 0.292 e. The van der Waals surface area contributed by atoms with Gasteiger partial charge in [0.05, 0.1) is 9.92 Å². The summed E-state index contributed by atoms with van der Waals surface area (Å²) in [6, 6.07) is 10.3. The average molecular weight is 439 g/mol. The lowest BCUT2D eigenvalue weighted by Gasteiger charge is -2.08. The minimum Gasteiger partial charge on any atom is -0.292 e. The number of aromatic nitrogens is 1. The van der Waals surface area contributed by atoms with E-state index in [1.807, 2.05) is 17.5 Å². The number of pyridine rings is 1. The molecule has 2 aromatic heterocycles. The highest BCUT2D eigenvalue weighted by Crippen LogP contribution is 2.19. The molecular weight excluding hydrogens is 423 g/mol. The van der Waals surface area contributed by atoms with E-state index in [0.29, 0.717) is 24.1 Å². The van der Waals surface area contributed by atoms with Gasteiger partial charge in [0, 0.05) is 24.0 Å².